The Labute approximate surface area is 167 Å². The highest BCUT2D eigenvalue weighted by Gasteiger charge is 2.42. The van der Waals surface area contributed by atoms with E-state index in [2.05, 4.69) is 40.5 Å². The van der Waals surface area contributed by atoms with Gasteiger partial charge >= 0.3 is 0 Å². The van der Waals surface area contributed by atoms with Gasteiger partial charge in [-0.2, -0.15) is 0 Å². The van der Waals surface area contributed by atoms with E-state index in [-0.39, 0.29) is 17.6 Å². The number of carbonyl (C=O) groups excluding carboxylic acids is 1. The van der Waals surface area contributed by atoms with Crippen molar-refractivity contribution in [1.29, 1.82) is 0 Å². The Balaban J connectivity index is 1.19. The van der Waals surface area contributed by atoms with Gasteiger partial charge in [0.1, 0.15) is 0 Å². The fourth-order valence-corrected chi connectivity index (χ4v) is 4.42. The first-order valence-electron chi connectivity index (χ1n) is 10.5. The number of amides is 1. The molecule has 148 valence electrons. The second kappa shape index (κ2) is 8.89. The largest absolute Gasteiger partial charge is 0.370 e. The summed E-state index contributed by atoms with van der Waals surface area (Å²) < 4.78 is 6.45. The Kier molecular flexibility index (Phi) is 6.08. The molecule has 0 aromatic heterocycles. The minimum Gasteiger partial charge on any atom is -0.370 e. The number of nitrogens with one attached hydrogen (secondary N) is 1. The fraction of sp³-hybridized carbons (Fsp3) is 0.458. The smallest absolute Gasteiger partial charge is 0.251 e. The summed E-state index contributed by atoms with van der Waals surface area (Å²) >= 11 is 0. The van der Waals surface area contributed by atoms with Gasteiger partial charge in [-0.25, -0.2) is 0 Å². The van der Waals surface area contributed by atoms with Crippen LogP contribution in [-0.2, 0) is 11.2 Å². The topological polar surface area (TPSA) is 41.6 Å². The molecule has 1 spiro atoms. The minimum absolute atomic E-state index is 0.0131. The van der Waals surface area contributed by atoms with Crippen molar-refractivity contribution in [2.24, 2.45) is 0 Å². The molecule has 0 aliphatic carbocycles. The standard InChI is InChI=1S/C24H30N2O2/c27-23(21-9-5-2-6-10-21)25-19-22-11-13-24(28-22)14-17-26(18-15-24)16-12-20-7-3-1-4-8-20/h1-10,22H,11-19H2,(H,25,27)/t22-/m1/s1. The van der Waals surface area contributed by atoms with Gasteiger partial charge in [0.2, 0.25) is 0 Å². The van der Waals surface area contributed by atoms with E-state index in [0.717, 1.165) is 51.7 Å². The molecule has 2 fully saturated rings. The molecule has 0 bridgehead atoms. The zero-order chi connectivity index (χ0) is 19.2. The highest BCUT2D eigenvalue weighted by Crippen LogP contribution is 2.38. The molecule has 0 radical (unpaired) electrons. The first kappa shape index (κ1) is 19.2. The van der Waals surface area contributed by atoms with Gasteiger partial charge in [-0.1, -0.05) is 48.5 Å². The number of benzene rings is 2. The number of hydrogen-bond acceptors (Lipinski definition) is 3. The maximum atomic E-state index is 12.2. The van der Waals surface area contributed by atoms with Gasteiger partial charge in [-0.05, 0) is 49.8 Å². The molecular weight excluding hydrogens is 348 g/mol. The number of piperidine rings is 1. The van der Waals surface area contributed by atoms with Crippen molar-refractivity contribution in [3.63, 3.8) is 0 Å². The van der Waals surface area contributed by atoms with Crippen LogP contribution in [0.5, 0.6) is 0 Å². The summed E-state index contributed by atoms with van der Waals surface area (Å²) in [5.74, 6) is -0.0131. The fourth-order valence-electron chi connectivity index (χ4n) is 4.42. The Bertz CT molecular complexity index is 755. The van der Waals surface area contributed by atoms with Crippen molar-refractivity contribution in [3.05, 3.63) is 71.8 Å². The van der Waals surface area contributed by atoms with Crippen LogP contribution in [0.2, 0.25) is 0 Å². The van der Waals surface area contributed by atoms with E-state index in [1.165, 1.54) is 5.56 Å². The summed E-state index contributed by atoms with van der Waals surface area (Å²) in [4.78, 5) is 14.8. The summed E-state index contributed by atoms with van der Waals surface area (Å²) in [6.07, 6.45) is 5.62. The van der Waals surface area contributed by atoms with Crippen LogP contribution in [0.3, 0.4) is 0 Å². The van der Waals surface area contributed by atoms with E-state index >= 15 is 0 Å². The van der Waals surface area contributed by atoms with Gasteiger partial charge in [0, 0.05) is 31.7 Å². The normalized spacial score (nSPS) is 21.6. The predicted molar refractivity (Wildman–Crippen MR) is 111 cm³/mol. The van der Waals surface area contributed by atoms with E-state index in [1.54, 1.807) is 0 Å². The molecule has 1 atom stereocenters. The molecule has 2 saturated heterocycles. The van der Waals surface area contributed by atoms with E-state index < -0.39 is 0 Å². The molecule has 4 heteroatoms. The Morgan fingerprint density at radius 2 is 1.68 bits per heavy atom. The Hall–Kier alpha value is -2.17. The average Bonchev–Trinajstić information content (AvgIpc) is 3.15. The molecule has 4 nitrogen and oxygen atoms in total. The van der Waals surface area contributed by atoms with Crippen molar-refractivity contribution in [2.75, 3.05) is 26.2 Å². The molecule has 2 aromatic rings. The third kappa shape index (κ3) is 4.81. The quantitative estimate of drug-likeness (QED) is 0.834. The molecule has 2 heterocycles. The maximum Gasteiger partial charge on any atom is 0.251 e. The summed E-state index contributed by atoms with van der Waals surface area (Å²) in [6.45, 7) is 3.94. The predicted octanol–water partition coefficient (Wildman–Crippen LogP) is 3.67. The van der Waals surface area contributed by atoms with Crippen molar-refractivity contribution >= 4 is 5.91 Å². The van der Waals surface area contributed by atoms with Crippen LogP contribution in [-0.4, -0.2) is 48.7 Å². The Morgan fingerprint density at radius 1 is 1.00 bits per heavy atom. The molecule has 2 aliphatic heterocycles. The SMILES string of the molecule is O=C(NC[C@H]1CCC2(CCN(CCc3ccccc3)CC2)O1)c1ccccc1. The van der Waals surface area contributed by atoms with Gasteiger partial charge in [-0.3, -0.25) is 4.79 Å². The van der Waals surface area contributed by atoms with E-state index in [4.69, 9.17) is 4.74 Å². The number of ether oxygens (including phenoxy) is 1. The lowest BCUT2D eigenvalue weighted by Crippen LogP contribution is -2.45. The molecule has 2 aromatic carbocycles. The Morgan fingerprint density at radius 3 is 2.39 bits per heavy atom. The summed E-state index contributed by atoms with van der Waals surface area (Å²) in [5, 5.41) is 3.04. The molecule has 1 N–H and O–H groups in total. The second-order valence-corrected chi connectivity index (χ2v) is 8.11. The molecule has 1 amide bonds. The van der Waals surface area contributed by atoms with Crippen molar-refractivity contribution < 1.29 is 9.53 Å². The number of rotatable bonds is 6. The minimum atomic E-state index is -0.0131. The highest BCUT2D eigenvalue weighted by atomic mass is 16.5. The zero-order valence-corrected chi connectivity index (χ0v) is 16.5. The lowest BCUT2D eigenvalue weighted by molar-refractivity contribution is -0.0752. The molecule has 4 rings (SSSR count). The van der Waals surface area contributed by atoms with Gasteiger partial charge in [0.25, 0.3) is 5.91 Å². The number of carbonyl (C=O) groups is 1. The molecular formula is C24H30N2O2. The summed E-state index contributed by atoms with van der Waals surface area (Å²) in [7, 11) is 0. The summed E-state index contributed by atoms with van der Waals surface area (Å²) in [5.41, 5.74) is 2.15. The highest BCUT2D eigenvalue weighted by molar-refractivity contribution is 5.94. The average molecular weight is 379 g/mol. The van der Waals surface area contributed by atoms with Gasteiger partial charge in [0.05, 0.1) is 11.7 Å². The summed E-state index contributed by atoms with van der Waals surface area (Å²) in [6, 6.07) is 20.1. The van der Waals surface area contributed by atoms with Crippen LogP contribution < -0.4 is 5.32 Å². The first-order valence-corrected chi connectivity index (χ1v) is 10.5. The van der Waals surface area contributed by atoms with Gasteiger partial charge in [0.15, 0.2) is 0 Å². The van der Waals surface area contributed by atoms with Crippen LogP contribution >= 0.6 is 0 Å². The van der Waals surface area contributed by atoms with Crippen molar-refractivity contribution in [2.45, 2.75) is 43.8 Å². The lowest BCUT2D eigenvalue weighted by Gasteiger charge is -2.39. The molecule has 28 heavy (non-hydrogen) atoms. The van der Waals surface area contributed by atoms with E-state index in [0.29, 0.717) is 12.1 Å². The van der Waals surface area contributed by atoms with Gasteiger partial charge < -0.3 is 15.0 Å². The third-order valence-electron chi connectivity index (χ3n) is 6.19. The van der Waals surface area contributed by atoms with Crippen LogP contribution in [0.4, 0.5) is 0 Å². The van der Waals surface area contributed by atoms with Crippen molar-refractivity contribution in [1.82, 2.24) is 10.2 Å². The maximum absolute atomic E-state index is 12.2. The molecule has 0 saturated carbocycles. The molecule has 0 unspecified atom stereocenters. The van der Waals surface area contributed by atoms with E-state index in [1.807, 2.05) is 30.3 Å². The number of likely N-dealkylation sites (tertiary alicyclic amines) is 1. The van der Waals surface area contributed by atoms with Crippen LogP contribution in [0.1, 0.15) is 41.6 Å². The van der Waals surface area contributed by atoms with Crippen molar-refractivity contribution in [3.8, 4) is 0 Å². The lowest BCUT2D eigenvalue weighted by atomic mass is 9.88. The second-order valence-electron chi connectivity index (χ2n) is 8.11. The zero-order valence-electron chi connectivity index (χ0n) is 16.5. The molecule has 2 aliphatic rings. The van der Waals surface area contributed by atoms with E-state index in [9.17, 15) is 4.79 Å². The van der Waals surface area contributed by atoms with Crippen LogP contribution in [0, 0.1) is 0 Å². The number of hydrogen-bond donors (Lipinski definition) is 1. The van der Waals surface area contributed by atoms with Gasteiger partial charge in [-0.15, -0.1) is 0 Å². The first-order chi connectivity index (χ1) is 13.7. The third-order valence-corrected chi connectivity index (χ3v) is 6.19. The number of nitrogens with zero attached hydrogens (tertiary/aromatic N) is 1. The van der Waals surface area contributed by atoms with Crippen LogP contribution in [0.25, 0.3) is 0 Å². The van der Waals surface area contributed by atoms with Crippen LogP contribution in [0.15, 0.2) is 60.7 Å². The monoisotopic (exact) mass is 378 g/mol.